The number of benzene rings is 1. The predicted molar refractivity (Wildman–Crippen MR) is 84.9 cm³/mol. The van der Waals surface area contributed by atoms with Gasteiger partial charge >= 0.3 is 0 Å². The number of rotatable bonds is 5. The lowest BCUT2D eigenvalue weighted by atomic mass is 10.1. The van der Waals surface area contributed by atoms with Gasteiger partial charge in [-0.25, -0.2) is 8.42 Å². The van der Waals surface area contributed by atoms with Crippen LogP contribution >= 0.6 is 11.3 Å². The number of nitrogen functional groups attached to an aromatic ring is 1. The van der Waals surface area contributed by atoms with Gasteiger partial charge in [-0.1, -0.05) is 25.2 Å². The molecule has 8 heteroatoms. The Balaban J connectivity index is 2.22. The molecule has 0 fully saturated rings. The van der Waals surface area contributed by atoms with Gasteiger partial charge in [0.15, 0.2) is 0 Å². The molecule has 0 atom stereocenters. The Kier molecular flexibility index (Phi) is 4.48. The van der Waals surface area contributed by atoms with Crippen molar-refractivity contribution in [2.75, 3.05) is 10.5 Å². The highest BCUT2D eigenvalue weighted by molar-refractivity contribution is 7.93. The number of sulfonamides is 1. The Morgan fingerprint density at radius 1 is 1.29 bits per heavy atom. The van der Waals surface area contributed by atoms with E-state index in [0.29, 0.717) is 11.6 Å². The van der Waals surface area contributed by atoms with Crippen molar-refractivity contribution in [1.82, 2.24) is 10.2 Å². The van der Waals surface area contributed by atoms with Crippen LogP contribution in [0, 0.1) is 12.8 Å². The van der Waals surface area contributed by atoms with Crippen LogP contribution in [-0.2, 0) is 16.4 Å². The van der Waals surface area contributed by atoms with Crippen molar-refractivity contribution in [1.29, 1.82) is 0 Å². The number of anilines is 2. The number of nitrogens with one attached hydrogen (secondary N) is 1. The summed E-state index contributed by atoms with van der Waals surface area (Å²) in [4.78, 5) is 0.126. The number of nitrogens with zero attached hydrogens (tertiary/aromatic N) is 2. The van der Waals surface area contributed by atoms with E-state index in [1.54, 1.807) is 19.1 Å². The van der Waals surface area contributed by atoms with Crippen LogP contribution in [0.5, 0.6) is 0 Å². The summed E-state index contributed by atoms with van der Waals surface area (Å²) >= 11 is 1.25. The summed E-state index contributed by atoms with van der Waals surface area (Å²) in [5.41, 5.74) is 6.89. The quantitative estimate of drug-likeness (QED) is 0.822. The van der Waals surface area contributed by atoms with Crippen LogP contribution < -0.4 is 10.5 Å². The van der Waals surface area contributed by atoms with Crippen molar-refractivity contribution in [2.45, 2.75) is 32.1 Å². The van der Waals surface area contributed by atoms with Gasteiger partial charge in [-0.15, -0.1) is 10.2 Å². The first-order valence-electron chi connectivity index (χ1n) is 6.48. The molecule has 0 saturated carbocycles. The van der Waals surface area contributed by atoms with Crippen LogP contribution in [-0.4, -0.2) is 18.6 Å². The van der Waals surface area contributed by atoms with Gasteiger partial charge in [0.25, 0.3) is 10.0 Å². The van der Waals surface area contributed by atoms with Crippen molar-refractivity contribution < 1.29 is 8.42 Å². The fourth-order valence-corrected chi connectivity index (χ4v) is 4.15. The second-order valence-electron chi connectivity index (χ2n) is 5.28. The second-order valence-corrected chi connectivity index (χ2v) is 8.03. The molecule has 1 aromatic carbocycles. The van der Waals surface area contributed by atoms with Crippen LogP contribution in [0.4, 0.5) is 10.8 Å². The van der Waals surface area contributed by atoms with Crippen molar-refractivity contribution in [3.8, 4) is 0 Å². The van der Waals surface area contributed by atoms with E-state index in [-0.39, 0.29) is 10.0 Å². The molecule has 0 aliphatic carbocycles. The molecule has 0 aliphatic heterocycles. The fraction of sp³-hybridized carbons (Fsp3) is 0.385. The van der Waals surface area contributed by atoms with Crippen LogP contribution in [0.3, 0.4) is 0 Å². The summed E-state index contributed by atoms with van der Waals surface area (Å²) in [5.74, 6) is 0.443. The van der Waals surface area contributed by atoms with Crippen LogP contribution in [0.2, 0.25) is 0 Å². The van der Waals surface area contributed by atoms with Crippen LogP contribution in [0.25, 0.3) is 0 Å². The molecule has 0 unspecified atom stereocenters. The SMILES string of the molecule is Cc1cc(N)cc(S(=O)(=O)Nc2nnc(CC(C)C)s2)c1. The maximum atomic E-state index is 12.3. The summed E-state index contributed by atoms with van der Waals surface area (Å²) in [6.07, 6.45) is 0.775. The van der Waals surface area contributed by atoms with E-state index in [1.165, 1.54) is 17.4 Å². The van der Waals surface area contributed by atoms with Crippen molar-refractivity contribution in [3.05, 3.63) is 28.8 Å². The zero-order valence-corrected chi connectivity index (χ0v) is 13.8. The van der Waals surface area contributed by atoms with Crippen LogP contribution in [0.15, 0.2) is 23.1 Å². The van der Waals surface area contributed by atoms with Gasteiger partial charge in [0.05, 0.1) is 4.90 Å². The van der Waals surface area contributed by atoms with E-state index in [9.17, 15) is 8.42 Å². The Morgan fingerprint density at radius 2 is 2.00 bits per heavy atom. The van der Waals surface area contributed by atoms with Gasteiger partial charge in [0, 0.05) is 12.1 Å². The van der Waals surface area contributed by atoms with Crippen molar-refractivity contribution >= 4 is 32.2 Å². The van der Waals surface area contributed by atoms with E-state index in [4.69, 9.17) is 5.73 Å². The molecule has 1 heterocycles. The molecular formula is C13H18N4O2S2. The minimum Gasteiger partial charge on any atom is -0.399 e. The summed E-state index contributed by atoms with van der Waals surface area (Å²) in [5, 5.41) is 8.94. The third-order valence-corrected chi connectivity index (χ3v) is 4.96. The van der Waals surface area contributed by atoms with E-state index in [1.807, 2.05) is 0 Å². The first kappa shape index (κ1) is 15.7. The zero-order valence-electron chi connectivity index (χ0n) is 12.1. The minimum atomic E-state index is -3.70. The fourth-order valence-electron chi connectivity index (χ4n) is 1.83. The number of nitrogens with two attached hydrogens (primary N) is 1. The Morgan fingerprint density at radius 3 is 2.62 bits per heavy atom. The number of hydrogen-bond acceptors (Lipinski definition) is 6. The zero-order chi connectivity index (χ0) is 15.6. The topological polar surface area (TPSA) is 98.0 Å². The number of hydrogen-bond donors (Lipinski definition) is 2. The van der Waals surface area contributed by atoms with Gasteiger partial charge in [0.2, 0.25) is 5.13 Å². The molecular weight excluding hydrogens is 308 g/mol. The van der Waals surface area contributed by atoms with Crippen LogP contribution in [0.1, 0.15) is 24.4 Å². The van der Waals surface area contributed by atoms with E-state index < -0.39 is 10.0 Å². The lowest BCUT2D eigenvalue weighted by Crippen LogP contribution is -2.13. The molecule has 2 rings (SSSR count). The first-order valence-corrected chi connectivity index (χ1v) is 8.78. The normalized spacial score (nSPS) is 11.8. The third-order valence-electron chi connectivity index (χ3n) is 2.65. The molecule has 2 aromatic rings. The number of aromatic nitrogens is 2. The standard InChI is InChI=1S/C13H18N4O2S2/c1-8(2)4-12-15-16-13(20-12)17-21(18,19)11-6-9(3)5-10(14)7-11/h5-8H,4,14H2,1-3H3,(H,16,17). The lowest BCUT2D eigenvalue weighted by molar-refractivity contribution is 0.601. The van der Waals surface area contributed by atoms with Crippen molar-refractivity contribution in [2.24, 2.45) is 5.92 Å². The summed E-state index contributed by atoms with van der Waals surface area (Å²) in [6, 6.07) is 4.70. The smallest absolute Gasteiger partial charge is 0.263 e. The van der Waals surface area contributed by atoms with Gasteiger partial charge < -0.3 is 5.73 Å². The Hall–Kier alpha value is -1.67. The minimum absolute atomic E-state index is 0.126. The maximum Gasteiger partial charge on any atom is 0.263 e. The molecule has 0 bridgehead atoms. The molecule has 3 N–H and O–H groups in total. The molecule has 1 aromatic heterocycles. The summed E-state index contributed by atoms with van der Waals surface area (Å²) in [7, 11) is -3.70. The average molecular weight is 326 g/mol. The van der Waals surface area contributed by atoms with E-state index in [2.05, 4.69) is 28.8 Å². The molecule has 0 spiro atoms. The highest BCUT2D eigenvalue weighted by atomic mass is 32.2. The lowest BCUT2D eigenvalue weighted by Gasteiger charge is -2.06. The molecule has 0 aliphatic rings. The second kappa shape index (κ2) is 5.98. The summed E-state index contributed by atoms with van der Waals surface area (Å²) in [6.45, 7) is 5.93. The van der Waals surface area contributed by atoms with Gasteiger partial charge in [0.1, 0.15) is 5.01 Å². The van der Waals surface area contributed by atoms with Gasteiger partial charge in [-0.2, -0.15) is 0 Å². The highest BCUT2D eigenvalue weighted by Gasteiger charge is 2.18. The third kappa shape index (κ3) is 4.15. The Bertz CT molecular complexity index is 718. The van der Waals surface area contributed by atoms with Gasteiger partial charge in [-0.05, 0) is 36.6 Å². The monoisotopic (exact) mass is 326 g/mol. The maximum absolute atomic E-state index is 12.3. The first-order chi connectivity index (χ1) is 9.76. The molecule has 6 nitrogen and oxygen atoms in total. The molecule has 21 heavy (non-hydrogen) atoms. The molecule has 114 valence electrons. The predicted octanol–water partition coefficient (Wildman–Crippen LogP) is 2.43. The van der Waals surface area contributed by atoms with Gasteiger partial charge in [-0.3, -0.25) is 4.72 Å². The molecule has 0 amide bonds. The van der Waals surface area contributed by atoms with E-state index in [0.717, 1.165) is 17.0 Å². The molecule has 0 radical (unpaired) electrons. The van der Waals surface area contributed by atoms with Crippen molar-refractivity contribution in [3.63, 3.8) is 0 Å². The number of aryl methyl sites for hydroxylation is 1. The Labute approximate surface area is 128 Å². The largest absolute Gasteiger partial charge is 0.399 e. The molecule has 0 saturated heterocycles. The van der Waals surface area contributed by atoms with E-state index >= 15 is 0 Å². The average Bonchev–Trinajstić information content (AvgIpc) is 2.73. The summed E-state index contributed by atoms with van der Waals surface area (Å²) < 4.78 is 27.1. The highest BCUT2D eigenvalue weighted by Crippen LogP contribution is 2.23.